The monoisotopic (exact) mass is 236 g/mol. The topological polar surface area (TPSA) is 38.9 Å². The van der Waals surface area contributed by atoms with E-state index in [1.165, 1.54) is 5.56 Å². The SMILES string of the molecule is CCc1ccc(-c2nnc(CCCl)o2)cc1. The molecule has 0 aliphatic carbocycles. The fraction of sp³-hybridized carbons (Fsp3) is 0.333. The molecule has 1 aromatic heterocycles. The average Bonchev–Trinajstić information content (AvgIpc) is 2.78. The summed E-state index contributed by atoms with van der Waals surface area (Å²) >= 11 is 5.60. The Kier molecular flexibility index (Phi) is 3.57. The van der Waals surface area contributed by atoms with Crippen molar-refractivity contribution in [2.45, 2.75) is 19.8 Å². The van der Waals surface area contributed by atoms with E-state index in [0.29, 0.717) is 24.1 Å². The Morgan fingerprint density at radius 3 is 2.56 bits per heavy atom. The van der Waals surface area contributed by atoms with Crippen LogP contribution in [0.15, 0.2) is 28.7 Å². The molecule has 1 aromatic carbocycles. The molecule has 0 amide bonds. The van der Waals surface area contributed by atoms with E-state index < -0.39 is 0 Å². The van der Waals surface area contributed by atoms with Crippen LogP contribution in [0.2, 0.25) is 0 Å². The van der Waals surface area contributed by atoms with Crippen LogP contribution in [0.1, 0.15) is 18.4 Å². The van der Waals surface area contributed by atoms with E-state index in [4.69, 9.17) is 16.0 Å². The Morgan fingerprint density at radius 1 is 1.19 bits per heavy atom. The van der Waals surface area contributed by atoms with Crippen LogP contribution in [0.3, 0.4) is 0 Å². The molecule has 1 heterocycles. The molecule has 2 aromatic rings. The van der Waals surface area contributed by atoms with Crippen LogP contribution < -0.4 is 0 Å². The minimum Gasteiger partial charge on any atom is -0.421 e. The molecule has 0 aliphatic rings. The number of alkyl halides is 1. The fourth-order valence-corrected chi connectivity index (χ4v) is 1.60. The Morgan fingerprint density at radius 2 is 1.94 bits per heavy atom. The summed E-state index contributed by atoms with van der Waals surface area (Å²) in [5.41, 5.74) is 2.25. The first kappa shape index (κ1) is 11.1. The molecule has 0 unspecified atom stereocenters. The summed E-state index contributed by atoms with van der Waals surface area (Å²) in [5.74, 6) is 1.64. The van der Waals surface area contributed by atoms with Gasteiger partial charge in [-0.3, -0.25) is 0 Å². The van der Waals surface area contributed by atoms with Gasteiger partial charge in [0.25, 0.3) is 0 Å². The highest BCUT2D eigenvalue weighted by Gasteiger charge is 2.07. The molecule has 0 fully saturated rings. The van der Waals surface area contributed by atoms with Crippen LogP contribution in [0, 0.1) is 0 Å². The third kappa shape index (κ3) is 2.42. The van der Waals surface area contributed by atoms with Gasteiger partial charge in [-0.1, -0.05) is 19.1 Å². The van der Waals surface area contributed by atoms with Crippen LogP contribution >= 0.6 is 11.6 Å². The summed E-state index contributed by atoms with van der Waals surface area (Å²) in [7, 11) is 0. The maximum absolute atomic E-state index is 5.60. The van der Waals surface area contributed by atoms with Gasteiger partial charge in [0.1, 0.15) is 0 Å². The highest BCUT2D eigenvalue weighted by Crippen LogP contribution is 2.18. The maximum Gasteiger partial charge on any atom is 0.247 e. The van der Waals surface area contributed by atoms with E-state index >= 15 is 0 Å². The van der Waals surface area contributed by atoms with Crippen molar-refractivity contribution in [1.82, 2.24) is 10.2 Å². The number of hydrogen-bond donors (Lipinski definition) is 0. The van der Waals surface area contributed by atoms with Crippen molar-refractivity contribution in [2.75, 3.05) is 5.88 Å². The van der Waals surface area contributed by atoms with Gasteiger partial charge in [-0.25, -0.2) is 0 Å². The van der Waals surface area contributed by atoms with Crippen molar-refractivity contribution in [2.24, 2.45) is 0 Å². The fourth-order valence-electron chi connectivity index (χ4n) is 1.44. The number of hydrogen-bond acceptors (Lipinski definition) is 3. The third-order valence-electron chi connectivity index (χ3n) is 2.38. The van der Waals surface area contributed by atoms with Crippen LogP contribution in [-0.2, 0) is 12.8 Å². The molecule has 3 nitrogen and oxygen atoms in total. The number of aromatic nitrogens is 2. The molecule has 2 rings (SSSR count). The molecular weight excluding hydrogens is 224 g/mol. The molecule has 0 saturated heterocycles. The van der Waals surface area contributed by atoms with Crippen molar-refractivity contribution in [3.8, 4) is 11.5 Å². The van der Waals surface area contributed by atoms with Crippen LogP contribution in [0.4, 0.5) is 0 Å². The largest absolute Gasteiger partial charge is 0.421 e. The second-order valence-corrected chi connectivity index (χ2v) is 3.87. The predicted molar refractivity (Wildman–Crippen MR) is 63.5 cm³/mol. The summed E-state index contributed by atoms with van der Waals surface area (Å²) in [5, 5.41) is 7.91. The van der Waals surface area contributed by atoms with Crippen molar-refractivity contribution < 1.29 is 4.42 Å². The Hall–Kier alpha value is -1.35. The van der Waals surface area contributed by atoms with Gasteiger partial charge in [0.05, 0.1) is 0 Å². The van der Waals surface area contributed by atoms with E-state index in [0.717, 1.165) is 12.0 Å². The molecule has 0 spiro atoms. The lowest BCUT2D eigenvalue weighted by Gasteiger charge is -1.97. The smallest absolute Gasteiger partial charge is 0.247 e. The van der Waals surface area contributed by atoms with Gasteiger partial charge in [0.2, 0.25) is 11.8 Å². The van der Waals surface area contributed by atoms with Gasteiger partial charge in [-0.2, -0.15) is 0 Å². The molecule has 0 radical (unpaired) electrons. The lowest BCUT2D eigenvalue weighted by molar-refractivity contribution is 0.513. The lowest BCUT2D eigenvalue weighted by Crippen LogP contribution is -1.84. The predicted octanol–water partition coefficient (Wildman–Crippen LogP) is 3.08. The third-order valence-corrected chi connectivity index (χ3v) is 2.57. The van der Waals surface area contributed by atoms with E-state index in [9.17, 15) is 0 Å². The average molecular weight is 237 g/mol. The van der Waals surface area contributed by atoms with Gasteiger partial charge in [0.15, 0.2) is 0 Å². The minimum absolute atomic E-state index is 0.496. The summed E-state index contributed by atoms with van der Waals surface area (Å²) < 4.78 is 5.48. The Balaban J connectivity index is 2.21. The molecule has 84 valence electrons. The zero-order valence-electron chi connectivity index (χ0n) is 9.11. The van der Waals surface area contributed by atoms with Gasteiger partial charge in [-0.15, -0.1) is 21.8 Å². The quantitative estimate of drug-likeness (QED) is 0.766. The molecule has 0 saturated carbocycles. The second-order valence-electron chi connectivity index (χ2n) is 3.49. The van der Waals surface area contributed by atoms with Gasteiger partial charge < -0.3 is 4.42 Å². The highest BCUT2D eigenvalue weighted by atomic mass is 35.5. The molecule has 4 heteroatoms. The summed E-state index contributed by atoms with van der Waals surface area (Å²) in [4.78, 5) is 0. The number of halogens is 1. The number of aryl methyl sites for hydroxylation is 2. The van der Waals surface area contributed by atoms with Crippen molar-refractivity contribution in [3.05, 3.63) is 35.7 Å². The van der Waals surface area contributed by atoms with E-state index in [1.54, 1.807) is 0 Å². The van der Waals surface area contributed by atoms with Crippen molar-refractivity contribution >= 4 is 11.6 Å². The minimum atomic E-state index is 0.496. The van der Waals surface area contributed by atoms with Gasteiger partial charge >= 0.3 is 0 Å². The molecular formula is C12H13ClN2O. The molecule has 16 heavy (non-hydrogen) atoms. The van der Waals surface area contributed by atoms with E-state index in [-0.39, 0.29) is 0 Å². The van der Waals surface area contributed by atoms with Crippen molar-refractivity contribution in [3.63, 3.8) is 0 Å². The maximum atomic E-state index is 5.60. The normalized spacial score (nSPS) is 10.6. The standard InChI is InChI=1S/C12H13ClN2O/c1-2-9-3-5-10(6-4-9)12-15-14-11(16-12)7-8-13/h3-6H,2,7-8H2,1H3. The molecule has 0 aliphatic heterocycles. The number of benzene rings is 1. The highest BCUT2D eigenvalue weighted by molar-refractivity contribution is 6.17. The zero-order valence-corrected chi connectivity index (χ0v) is 9.87. The first-order valence-corrected chi connectivity index (χ1v) is 5.84. The number of nitrogens with zero attached hydrogens (tertiary/aromatic N) is 2. The van der Waals surface area contributed by atoms with Gasteiger partial charge in [0, 0.05) is 17.9 Å². The lowest BCUT2D eigenvalue weighted by atomic mass is 10.1. The summed E-state index contributed by atoms with van der Waals surface area (Å²) in [6.07, 6.45) is 1.64. The van der Waals surface area contributed by atoms with Crippen molar-refractivity contribution in [1.29, 1.82) is 0 Å². The van der Waals surface area contributed by atoms with Crippen LogP contribution in [0.25, 0.3) is 11.5 Å². The molecule has 0 bridgehead atoms. The number of rotatable bonds is 4. The molecule has 0 atom stereocenters. The van der Waals surface area contributed by atoms with Gasteiger partial charge in [-0.05, 0) is 24.1 Å². The second kappa shape index (κ2) is 5.12. The van der Waals surface area contributed by atoms with E-state index in [1.807, 2.05) is 12.1 Å². The zero-order chi connectivity index (χ0) is 11.4. The Bertz CT molecular complexity index is 450. The van der Waals surface area contributed by atoms with Crippen LogP contribution in [-0.4, -0.2) is 16.1 Å². The summed E-state index contributed by atoms with van der Waals surface area (Å²) in [6.45, 7) is 2.13. The first-order chi connectivity index (χ1) is 7.83. The summed E-state index contributed by atoms with van der Waals surface area (Å²) in [6, 6.07) is 8.13. The van der Waals surface area contributed by atoms with Crippen LogP contribution in [0.5, 0.6) is 0 Å². The molecule has 0 N–H and O–H groups in total. The van der Waals surface area contributed by atoms with E-state index in [2.05, 4.69) is 29.3 Å². The first-order valence-electron chi connectivity index (χ1n) is 5.31. The Labute approximate surface area is 99.5 Å².